The average molecular weight is 413 g/mol. The van der Waals surface area contributed by atoms with Crippen LogP contribution in [0.1, 0.15) is 32.3 Å². The predicted molar refractivity (Wildman–Crippen MR) is 121 cm³/mol. The monoisotopic (exact) mass is 412 g/mol. The number of rotatable bonds is 6. The number of pyridine rings is 1. The van der Waals surface area contributed by atoms with E-state index in [9.17, 15) is 14.7 Å². The Labute approximate surface area is 174 Å². The van der Waals surface area contributed by atoms with E-state index in [0.717, 1.165) is 18.4 Å². The summed E-state index contributed by atoms with van der Waals surface area (Å²) >= 11 is 6.44. The molecule has 1 aromatic heterocycles. The maximum absolute atomic E-state index is 13.3. The van der Waals surface area contributed by atoms with Gasteiger partial charge in [-0.2, -0.15) is 0 Å². The molecule has 0 saturated carbocycles. The van der Waals surface area contributed by atoms with Gasteiger partial charge in [-0.1, -0.05) is 37.6 Å². The molecule has 0 aliphatic carbocycles. The number of allylic oxidation sites excluding steroid dienone is 2. The molecule has 3 aromatic rings. The normalized spacial score (nSPS) is 12.0. The molecule has 1 heterocycles. The van der Waals surface area contributed by atoms with Crippen LogP contribution in [-0.2, 0) is 11.3 Å². The van der Waals surface area contributed by atoms with E-state index in [1.807, 2.05) is 31.1 Å². The van der Waals surface area contributed by atoms with Gasteiger partial charge in [0.2, 0.25) is 0 Å². The van der Waals surface area contributed by atoms with Crippen molar-refractivity contribution in [3.05, 3.63) is 57.2 Å². The molecule has 0 bridgehead atoms. The summed E-state index contributed by atoms with van der Waals surface area (Å²) in [5.41, 5.74) is 3.81. The van der Waals surface area contributed by atoms with Gasteiger partial charge in [-0.15, -0.1) is 0 Å². The molecule has 152 valence electrons. The van der Waals surface area contributed by atoms with Crippen LogP contribution < -0.4 is 10.3 Å². The second-order valence-corrected chi connectivity index (χ2v) is 7.63. The molecular formula is C23H25ClN2O3. The Balaban J connectivity index is 2.55. The van der Waals surface area contributed by atoms with Crippen LogP contribution in [0.3, 0.4) is 0 Å². The van der Waals surface area contributed by atoms with E-state index in [1.165, 1.54) is 5.57 Å². The van der Waals surface area contributed by atoms with Crippen LogP contribution in [0.2, 0.25) is 5.02 Å². The van der Waals surface area contributed by atoms with Crippen LogP contribution in [0.4, 0.5) is 5.69 Å². The number of carbonyl (C=O) groups is 1. The van der Waals surface area contributed by atoms with Gasteiger partial charge in [0.1, 0.15) is 6.54 Å². The van der Waals surface area contributed by atoms with Gasteiger partial charge < -0.3 is 14.6 Å². The molecule has 0 fully saturated rings. The smallest absolute Gasteiger partial charge is 0.323 e. The summed E-state index contributed by atoms with van der Waals surface area (Å²) in [6.45, 7) is 3.90. The number of anilines is 1. The van der Waals surface area contributed by atoms with E-state index >= 15 is 0 Å². The van der Waals surface area contributed by atoms with E-state index < -0.39 is 5.97 Å². The highest BCUT2D eigenvalue weighted by molar-refractivity contribution is 6.35. The Kier molecular flexibility index (Phi) is 5.99. The number of halogens is 1. The van der Waals surface area contributed by atoms with E-state index in [2.05, 4.69) is 19.9 Å². The van der Waals surface area contributed by atoms with Crippen molar-refractivity contribution in [1.82, 2.24) is 4.57 Å². The summed E-state index contributed by atoms with van der Waals surface area (Å²) < 4.78 is 1.69. The molecule has 29 heavy (non-hydrogen) atoms. The third kappa shape index (κ3) is 3.75. The van der Waals surface area contributed by atoms with Crippen molar-refractivity contribution in [2.24, 2.45) is 0 Å². The van der Waals surface area contributed by atoms with Gasteiger partial charge in [-0.25, -0.2) is 0 Å². The lowest BCUT2D eigenvalue weighted by Crippen LogP contribution is -2.20. The molecule has 0 amide bonds. The lowest BCUT2D eigenvalue weighted by molar-refractivity contribution is -0.137. The molecule has 2 aromatic carbocycles. The van der Waals surface area contributed by atoms with Gasteiger partial charge in [-0.3, -0.25) is 9.59 Å². The minimum atomic E-state index is -0.980. The first kappa shape index (κ1) is 20.9. The highest BCUT2D eigenvalue weighted by atomic mass is 35.5. The zero-order chi connectivity index (χ0) is 21.3. The second kappa shape index (κ2) is 8.29. The molecule has 0 aliphatic heterocycles. The maximum atomic E-state index is 13.3. The standard InChI is InChI=1S/C23H25ClN2O3/c1-5-7-14(6-2)15-8-9-16-19(12-15)26(13-20(27)28)21-17(23(16)29)10-11-18(24)22(21)25(3)4/h7-12H,5-6,13H2,1-4H3,(H,27,28)/b14-7+. The molecule has 0 atom stereocenters. The zero-order valence-corrected chi connectivity index (χ0v) is 17.9. The Bertz CT molecular complexity index is 1190. The Morgan fingerprint density at radius 1 is 1.17 bits per heavy atom. The molecule has 5 nitrogen and oxygen atoms in total. The molecule has 6 heteroatoms. The number of aromatic nitrogens is 1. The fourth-order valence-electron chi connectivity index (χ4n) is 3.86. The van der Waals surface area contributed by atoms with Gasteiger partial charge in [-0.05, 0) is 48.2 Å². The van der Waals surface area contributed by atoms with Gasteiger partial charge in [0.15, 0.2) is 5.43 Å². The van der Waals surface area contributed by atoms with Crippen LogP contribution in [-0.4, -0.2) is 29.7 Å². The fraction of sp³-hybridized carbons (Fsp3) is 0.304. The van der Waals surface area contributed by atoms with Gasteiger partial charge in [0.05, 0.1) is 21.7 Å². The number of carboxylic acids is 1. The van der Waals surface area contributed by atoms with Crippen molar-refractivity contribution in [3.63, 3.8) is 0 Å². The number of aliphatic carboxylic acids is 1. The zero-order valence-electron chi connectivity index (χ0n) is 17.1. The summed E-state index contributed by atoms with van der Waals surface area (Å²) in [5, 5.41) is 11.0. The first-order valence-electron chi connectivity index (χ1n) is 9.67. The first-order chi connectivity index (χ1) is 13.8. The molecule has 3 rings (SSSR count). The largest absolute Gasteiger partial charge is 0.480 e. The highest BCUT2D eigenvalue weighted by Crippen LogP contribution is 2.34. The maximum Gasteiger partial charge on any atom is 0.323 e. The van der Waals surface area contributed by atoms with Crippen molar-refractivity contribution < 1.29 is 9.90 Å². The minimum absolute atomic E-state index is 0.125. The molecule has 0 aliphatic rings. The summed E-state index contributed by atoms with van der Waals surface area (Å²) in [7, 11) is 3.66. The number of carboxylic acid groups (broad SMARTS) is 1. The number of fused-ring (bicyclic) bond motifs is 2. The molecule has 0 saturated heterocycles. The van der Waals surface area contributed by atoms with Crippen LogP contribution in [0, 0.1) is 0 Å². The summed E-state index contributed by atoms with van der Waals surface area (Å²) in [4.78, 5) is 26.8. The fourth-order valence-corrected chi connectivity index (χ4v) is 4.18. The van der Waals surface area contributed by atoms with Crippen molar-refractivity contribution in [1.29, 1.82) is 0 Å². The van der Waals surface area contributed by atoms with Gasteiger partial charge in [0.25, 0.3) is 0 Å². The van der Waals surface area contributed by atoms with E-state index in [-0.39, 0.29) is 12.0 Å². The lowest BCUT2D eigenvalue weighted by Gasteiger charge is -2.22. The van der Waals surface area contributed by atoms with E-state index in [4.69, 9.17) is 11.6 Å². The van der Waals surface area contributed by atoms with Crippen LogP contribution in [0.5, 0.6) is 0 Å². The molecule has 1 N–H and O–H groups in total. The second-order valence-electron chi connectivity index (χ2n) is 7.22. The molecular weight excluding hydrogens is 388 g/mol. The Morgan fingerprint density at radius 2 is 1.86 bits per heavy atom. The molecule has 0 radical (unpaired) electrons. The van der Waals surface area contributed by atoms with E-state index in [0.29, 0.717) is 32.5 Å². The third-order valence-corrected chi connectivity index (χ3v) is 5.40. The van der Waals surface area contributed by atoms with Gasteiger partial charge in [0, 0.05) is 24.9 Å². The summed E-state index contributed by atoms with van der Waals surface area (Å²) in [6.07, 6.45) is 3.91. The van der Waals surface area contributed by atoms with Crippen molar-refractivity contribution in [2.45, 2.75) is 33.2 Å². The van der Waals surface area contributed by atoms with Crippen LogP contribution in [0.15, 0.2) is 41.2 Å². The minimum Gasteiger partial charge on any atom is -0.480 e. The number of hydrogen-bond donors (Lipinski definition) is 1. The first-order valence-corrected chi connectivity index (χ1v) is 10.0. The van der Waals surface area contributed by atoms with Crippen molar-refractivity contribution >= 4 is 50.6 Å². The van der Waals surface area contributed by atoms with Gasteiger partial charge >= 0.3 is 5.97 Å². The van der Waals surface area contributed by atoms with Crippen molar-refractivity contribution in [2.75, 3.05) is 19.0 Å². The quantitative estimate of drug-likeness (QED) is 0.568. The predicted octanol–water partition coefficient (Wildman–Crippen LogP) is 5.16. The summed E-state index contributed by atoms with van der Waals surface area (Å²) in [6, 6.07) is 9.02. The third-order valence-electron chi connectivity index (χ3n) is 5.09. The van der Waals surface area contributed by atoms with Crippen LogP contribution >= 0.6 is 11.6 Å². The number of benzene rings is 2. The number of nitrogens with zero attached hydrogens (tertiary/aromatic N) is 2. The Hall–Kier alpha value is -2.79. The lowest BCUT2D eigenvalue weighted by atomic mass is 9.99. The summed E-state index contributed by atoms with van der Waals surface area (Å²) in [5.74, 6) is -0.980. The number of hydrogen-bond acceptors (Lipinski definition) is 3. The van der Waals surface area contributed by atoms with Crippen LogP contribution in [0.25, 0.3) is 27.4 Å². The highest BCUT2D eigenvalue weighted by Gasteiger charge is 2.19. The SMILES string of the molecule is CC/C=C(\CC)c1ccc2c(=O)c3ccc(Cl)c(N(C)C)c3n(CC(=O)O)c2c1. The van der Waals surface area contributed by atoms with E-state index in [1.54, 1.807) is 22.8 Å². The van der Waals surface area contributed by atoms with Crippen molar-refractivity contribution in [3.8, 4) is 0 Å². The molecule has 0 spiro atoms. The molecule has 0 unspecified atom stereocenters. The Morgan fingerprint density at radius 3 is 2.45 bits per heavy atom. The average Bonchev–Trinajstić information content (AvgIpc) is 2.68. The topological polar surface area (TPSA) is 62.5 Å².